The van der Waals surface area contributed by atoms with Gasteiger partial charge in [0.1, 0.15) is 43.2 Å². The second kappa shape index (κ2) is 15.1. The van der Waals surface area contributed by atoms with E-state index in [4.69, 9.17) is 52.1 Å². The highest BCUT2D eigenvalue weighted by Crippen LogP contribution is 2.35. The van der Waals surface area contributed by atoms with Crippen LogP contribution in [0.5, 0.6) is 0 Å². The highest BCUT2D eigenvalue weighted by molar-refractivity contribution is 5.75. The van der Waals surface area contributed by atoms with Gasteiger partial charge in [-0.05, 0) is 0 Å². The summed E-state index contributed by atoms with van der Waals surface area (Å²) < 4.78 is 61.8. The van der Waals surface area contributed by atoms with E-state index in [1.165, 1.54) is 56.9 Å². The lowest BCUT2D eigenvalue weighted by Crippen LogP contribution is -2.68. The molecule has 0 N–H and O–H groups in total. The summed E-state index contributed by atoms with van der Waals surface area (Å²) in [4.78, 5) is 12.6. The van der Waals surface area contributed by atoms with E-state index in [1.807, 2.05) is 0 Å². The summed E-state index contributed by atoms with van der Waals surface area (Å²) in [7, 11) is 13.1. The smallest absolute Gasteiger partial charge is 0.337 e. The van der Waals surface area contributed by atoms with Crippen LogP contribution in [0.1, 0.15) is 0 Å². The molecule has 12 nitrogen and oxygen atoms in total. The lowest BCUT2D eigenvalue weighted by molar-refractivity contribution is -0.377. The van der Waals surface area contributed by atoms with Crippen molar-refractivity contribution in [3.05, 3.63) is 0 Å². The first kappa shape index (κ1) is 30.1. The summed E-state index contributed by atoms with van der Waals surface area (Å²) in [5, 5.41) is 0. The van der Waals surface area contributed by atoms with Gasteiger partial charge in [-0.15, -0.1) is 0 Å². The molecular formula is C21H40O12. The number of ether oxygens (including phenoxy) is 11. The van der Waals surface area contributed by atoms with Crippen LogP contribution in [0, 0.1) is 0 Å². The van der Waals surface area contributed by atoms with Crippen molar-refractivity contribution in [2.24, 2.45) is 0 Å². The Balaban J connectivity index is 3.48. The quantitative estimate of drug-likeness (QED) is 0.210. The van der Waals surface area contributed by atoms with Gasteiger partial charge in [-0.2, -0.15) is 0 Å². The molecule has 1 aliphatic heterocycles. The number of rotatable bonds is 16. The fourth-order valence-corrected chi connectivity index (χ4v) is 4.04. The van der Waals surface area contributed by atoms with E-state index in [0.29, 0.717) is 0 Å². The zero-order valence-corrected chi connectivity index (χ0v) is 21.1. The first-order valence-corrected chi connectivity index (χ1v) is 10.4. The van der Waals surface area contributed by atoms with Crippen LogP contribution in [-0.4, -0.2) is 138 Å². The molecule has 8 unspecified atom stereocenters. The average Bonchev–Trinajstić information content (AvgIpc) is 2.84. The second-order valence-electron chi connectivity index (χ2n) is 7.37. The summed E-state index contributed by atoms with van der Waals surface area (Å²) in [6, 6.07) is 0. The number of hydrogen-bond donors (Lipinski definition) is 0. The predicted octanol–water partition coefficient (Wildman–Crippen LogP) is -0.346. The molecule has 0 saturated carbocycles. The summed E-state index contributed by atoms with van der Waals surface area (Å²) in [6.45, 7) is 0.375. The number of methoxy groups -OCH3 is 9. The van der Waals surface area contributed by atoms with Crippen molar-refractivity contribution in [2.45, 2.75) is 48.5 Å². The summed E-state index contributed by atoms with van der Waals surface area (Å²) in [5.41, 5.74) is 0. The van der Waals surface area contributed by atoms with Crippen molar-refractivity contribution in [3.63, 3.8) is 0 Å². The Morgan fingerprint density at radius 2 is 1.61 bits per heavy atom. The van der Waals surface area contributed by atoms with Crippen LogP contribution in [-0.2, 0) is 56.9 Å². The van der Waals surface area contributed by atoms with Crippen molar-refractivity contribution in [3.8, 4) is 0 Å². The number of esters is 1. The lowest BCUT2D eigenvalue weighted by Gasteiger charge is -2.50. The van der Waals surface area contributed by atoms with E-state index < -0.39 is 54.5 Å². The Labute approximate surface area is 195 Å². The van der Waals surface area contributed by atoms with Gasteiger partial charge in [0.15, 0.2) is 6.10 Å². The van der Waals surface area contributed by atoms with Gasteiger partial charge in [-0.25, -0.2) is 4.79 Å². The molecule has 0 bridgehead atoms. The fraction of sp³-hybridized carbons (Fsp3) is 0.952. The van der Waals surface area contributed by atoms with Crippen LogP contribution in [0.15, 0.2) is 0 Å². The van der Waals surface area contributed by atoms with Crippen LogP contribution >= 0.6 is 0 Å². The normalized spacial score (nSPS) is 29.3. The highest BCUT2D eigenvalue weighted by Gasteiger charge is 2.57. The molecule has 0 radical (unpaired) electrons. The fourth-order valence-electron chi connectivity index (χ4n) is 4.04. The number of carbonyl (C=O) groups is 1. The zero-order valence-electron chi connectivity index (χ0n) is 21.1. The van der Waals surface area contributed by atoms with Crippen LogP contribution < -0.4 is 0 Å². The zero-order chi connectivity index (χ0) is 25.0. The molecule has 196 valence electrons. The van der Waals surface area contributed by atoms with Crippen LogP contribution in [0.25, 0.3) is 0 Å². The third-order valence-electron chi connectivity index (χ3n) is 5.72. The van der Waals surface area contributed by atoms with Gasteiger partial charge >= 0.3 is 5.97 Å². The molecule has 0 amide bonds. The monoisotopic (exact) mass is 484 g/mol. The van der Waals surface area contributed by atoms with Crippen molar-refractivity contribution in [2.75, 3.05) is 83.8 Å². The van der Waals surface area contributed by atoms with Crippen LogP contribution in [0.3, 0.4) is 0 Å². The maximum atomic E-state index is 12.6. The van der Waals surface area contributed by atoms with Gasteiger partial charge in [0.05, 0.1) is 20.3 Å². The summed E-state index contributed by atoms with van der Waals surface area (Å²) in [5.74, 6) is -2.17. The molecule has 0 aromatic heterocycles. The Morgan fingerprint density at radius 1 is 0.909 bits per heavy atom. The van der Waals surface area contributed by atoms with E-state index in [1.54, 1.807) is 7.11 Å². The Morgan fingerprint density at radius 3 is 2.03 bits per heavy atom. The first-order chi connectivity index (χ1) is 15.9. The van der Waals surface area contributed by atoms with E-state index in [-0.39, 0.29) is 19.8 Å². The predicted molar refractivity (Wildman–Crippen MR) is 114 cm³/mol. The summed E-state index contributed by atoms with van der Waals surface area (Å²) in [6.07, 6.45) is -5.54. The minimum Gasteiger partial charge on any atom is -0.467 e. The van der Waals surface area contributed by atoms with Gasteiger partial charge < -0.3 is 52.1 Å². The highest BCUT2D eigenvalue weighted by atomic mass is 16.8. The van der Waals surface area contributed by atoms with Gasteiger partial charge in [0.25, 0.3) is 0 Å². The van der Waals surface area contributed by atoms with E-state index in [2.05, 4.69) is 0 Å². The molecular weight excluding hydrogens is 444 g/mol. The molecule has 8 atom stereocenters. The van der Waals surface area contributed by atoms with Crippen molar-refractivity contribution in [1.82, 2.24) is 0 Å². The lowest BCUT2D eigenvalue weighted by atomic mass is 9.94. The van der Waals surface area contributed by atoms with Crippen LogP contribution in [0.4, 0.5) is 0 Å². The molecule has 0 aliphatic carbocycles. The maximum Gasteiger partial charge on any atom is 0.337 e. The Kier molecular flexibility index (Phi) is 13.8. The minimum absolute atomic E-state index is 0.0532. The molecule has 1 saturated heterocycles. The molecule has 0 aromatic rings. The molecule has 1 aliphatic rings. The molecule has 0 spiro atoms. The van der Waals surface area contributed by atoms with Crippen molar-refractivity contribution in [1.29, 1.82) is 0 Å². The van der Waals surface area contributed by atoms with Gasteiger partial charge in [-0.3, -0.25) is 0 Å². The second-order valence-corrected chi connectivity index (χ2v) is 7.37. The molecule has 0 aromatic carbocycles. The third kappa shape index (κ3) is 7.04. The molecule has 1 fully saturated rings. The van der Waals surface area contributed by atoms with Crippen molar-refractivity contribution >= 4 is 5.97 Å². The van der Waals surface area contributed by atoms with Crippen molar-refractivity contribution < 1.29 is 56.9 Å². The minimum atomic E-state index is -1.50. The van der Waals surface area contributed by atoms with E-state index >= 15 is 0 Å². The topological polar surface area (TPSA) is 119 Å². The Hall–Kier alpha value is -0.930. The molecule has 12 heteroatoms. The van der Waals surface area contributed by atoms with E-state index in [0.717, 1.165) is 0 Å². The standard InChI is InChI=1S/C21H40O12/c1-23-10-13(25-3)15(26-4)17(18(28-6)20(22)30-8)33-21(31-9)12-32-14(11-24-2)16(27-5)19(21)29-7/h13-19H,10-12H2,1-9H3. The molecule has 33 heavy (non-hydrogen) atoms. The van der Waals surface area contributed by atoms with Gasteiger partial charge in [0, 0.05) is 56.9 Å². The number of hydrogen-bond acceptors (Lipinski definition) is 12. The molecule has 1 heterocycles. The average molecular weight is 485 g/mol. The first-order valence-electron chi connectivity index (χ1n) is 10.4. The Bertz CT molecular complexity index is 549. The largest absolute Gasteiger partial charge is 0.467 e. The number of carbonyl (C=O) groups excluding carboxylic acids is 1. The summed E-state index contributed by atoms with van der Waals surface area (Å²) >= 11 is 0. The van der Waals surface area contributed by atoms with E-state index in [9.17, 15) is 4.79 Å². The SMILES string of the molecule is COCC(OC)C(OC)C(OC1(OC)COC(COC)C(OC)C1OC)C(OC)C(=O)OC. The maximum absolute atomic E-state index is 12.6. The van der Waals surface area contributed by atoms with Gasteiger partial charge in [-0.1, -0.05) is 0 Å². The molecule has 1 rings (SSSR count). The third-order valence-corrected chi connectivity index (χ3v) is 5.72. The van der Waals surface area contributed by atoms with Gasteiger partial charge in [0.2, 0.25) is 5.79 Å². The van der Waals surface area contributed by atoms with Crippen LogP contribution in [0.2, 0.25) is 0 Å².